The highest BCUT2D eigenvalue weighted by molar-refractivity contribution is 7.85. The molecule has 6 nitrogen and oxygen atoms in total. The normalized spacial score (nSPS) is 14.2. The van der Waals surface area contributed by atoms with Gasteiger partial charge in [0, 0.05) is 12.4 Å². The standard InChI is InChI=1S/C5H6N2O4S/c8-5(12(9,10)11)4-6-2-1-3-7-4/h1-3,5,8H,(H,9,10,11). The Kier molecular flexibility index (Phi) is 2.36. The van der Waals surface area contributed by atoms with Crippen molar-refractivity contribution in [2.24, 2.45) is 0 Å². The molecule has 1 aromatic heterocycles. The molecule has 1 atom stereocenters. The zero-order valence-corrected chi connectivity index (χ0v) is 6.64. The van der Waals surface area contributed by atoms with Crippen LogP contribution in [0.1, 0.15) is 11.3 Å². The monoisotopic (exact) mass is 190 g/mol. The molecule has 0 aliphatic carbocycles. The van der Waals surface area contributed by atoms with E-state index < -0.39 is 15.6 Å². The second-order valence-electron chi connectivity index (χ2n) is 1.97. The molecule has 1 rings (SSSR count). The summed E-state index contributed by atoms with van der Waals surface area (Å²) in [5.41, 5.74) is -2.07. The Labute approximate surface area is 68.7 Å². The predicted octanol–water partition coefficient (Wildman–Crippen LogP) is -0.645. The van der Waals surface area contributed by atoms with Gasteiger partial charge in [-0.05, 0) is 6.07 Å². The van der Waals surface area contributed by atoms with E-state index in [0.29, 0.717) is 0 Å². The molecule has 0 spiro atoms. The van der Waals surface area contributed by atoms with Crippen LogP contribution >= 0.6 is 0 Å². The molecule has 1 unspecified atom stereocenters. The number of nitrogens with zero attached hydrogens (tertiary/aromatic N) is 2. The van der Waals surface area contributed by atoms with Crippen molar-refractivity contribution >= 4 is 10.1 Å². The maximum Gasteiger partial charge on any atom is 0.299 e. The van der Waals surface area contributed by atoms with E-state index in [1.165, 1.54) is 18.5 Å². The summed E-state index contributed by atoms with van der Waals surface area (Å²) >= 11 is 0. The molecular weight excluding hydrogens is 184 g/mol. The Morgan fingerprint density at radius 2 is 1.83 bits per heavy atom. The third-order valence-corrected chi connectivity index (χ3v) is 1.86. The quantitative estimate of drug-likeness (QED) is 0.601. The topological polar surface area (TPSA) is 100 Å². The molecular formula is C5H6N2O4S. The van der Waals surface area contributed by atoms with Crippen molar-refractivity contribution in [3.05, 3.63) is 24.3 Å². The van der Waals surface area contributed by atoms with Gasteiger partial charge in [-0.3, -0.25) is 4.55 Å². The van der Waals surface area contributed by atoms with Crippen molar-refractivity contribution in [2.75, 3.05) is 0 Å². The highest BCUT2D eigenvalue weighted by Crippen LogP contribution is 2.11. The van der Waals surface area contributed by atoms with E-state index in [4.69, 9.17) is 9.66 Å². The Bertz CT molecular complexity index is 349. The van der Waals surface area contributed by atoms with E-state index in [-0.39, 0.29) is 5.82 Å². The van der Waals surface area contributed by atoms with E-state index in [1.54, 1.807) is 0 Å². The molecule has 2 N–H and O–H groups in total. The summed E-state index contributed by atoms with van der Waals surface area (Å²) in [7, 11) is -4.53. The first-order chi connectivity index (χ1) is 5.52. The minimum absolute atomic E-state index is 0.347. The number of aliphatic hydroxyl groups is 1. The van der Waals surface area contributed by atoms with E-state index in [2.05, 4.69) is 9.97 Å². The molecule has 12 heavy (non-hydrogen) atoms. The van der Waals surface area contributed by atoms with Crippen LogP contribution in [0.25, 0.3) is 0 Å². The maximum atomic E-state index is 10.4. The van der Waals surface area contributed by atoms with E-state index in [0.717, 1.165) is 0 Å². The van der Waals surface area contributed by atoms with Crippen LogP contribution in [0.3, 0.4) is 0 Å². The predicted molar refractivity (Wildman–Crippen MR) is 38.5 cm³/mol. The van der Waals surface area contributed by atoms with Crippen LogP contribution in [0.5, 0.6) is 0 Å². The molecule has 0 saturated carbocycles. The average molecular weight is 190 g/mol. The van der Waals surface area contributed by atoms with Gasteiger partial charge in [-0.25, -0.2) is 9.97 Å². The fourth-order valence-electron chi connectivity index (χ4n) is 0.571. The first-order valence-corrected chi connectivity index (χ1v) is 4.43. The lowest BCUT2D eigenvalue weighted by molar-refractivity contribution is 0.229. The molecule has 0 amide bonds. The summed E-state index contributed by atoms with van der Waals surface area (Å²) in [6, 6.07) is 1.46. The van der Waals surface area contributed by atoms with Crippen molar-refractivity contribution in [2.45, 2.75) is 5.44 Å². The lowest BCUT2D eigenvalue weighted by Gasteiger charge is -2.03. The molecule has 0 aromatic carbocycles. The maximum absolute atomic E-state index is 10.4. The Hall–Kier alpha value is -1.05. The van der Waals surface area contributed by atoms with Gasteiger partial charge in [-0.15, -0.1) is 0 Å². The molecule has 0 radical (unpaired) electrons. The number of rotatable bonds is 2. The summed E-state index contributed by atoms with van der Waals surface area (Å²) in [4.78, 5) is 6.89. The summed E-state index contributed by atoms with van der Waals surface area (Å²) in [6.07, 6.45) is 2.52. The number of aliphatic hydroxyl groups excluding tert-OH is 1. The summed E-state index contributed by atoms with van der Waals surface area (Å²) in [5, 5.41) is 8.89. The second-order valence-corrected chi connectivity index (χ2v) is 3.45. The highest BCUT2D eigenvalue weighted by Gasteiger charge is 2.23. The Morgan fingerprint density at radius 3 is 2.25 bits per heavy atom. The smallest absolute Gasteiger partial charge is 0.299 e. The lowest BCUT2D eigenvalue weighted by Crippen LogP contribution is -2.13. The summed E-state index contributed by atoms with van der Waals surface area (Å²) in [5.74, 6) is -0.347. The Morgan fingerprint density at radius 1 is 1.33 bits per heavy atom. The van der Waals surface area contributed by atoms with Crippen molar-refractivity contribution in [1.82, 2.24) is 9.97 Å². The minimum atomic E-state index is -4.53. The number of aromatic nitrogens is 2. The van der Waals surface area contributed by atoms with Gasteiger partial charge in [0.1, 0.15) is 0 Å². The largest absolute Gasteiger partial charge is 0.369 e. The van der Waals surface area contributed by atoms with Gasteiger partial charge in [-0.2, -0.15) is 8.42 Å². The fourth-order valence-corrected chi connectivity index (χ4v) is 0.959. The third-order valence-electron chi connectivity index (χ3n) is 1.09. The molecule has 1 aromatic rings. The van der Waals surface area contributed by atoms with Crippen LogP contribution < -0.4 is 0 Å². The summed E-state index contributed by atoms with van der Waals surface area (Å²) in [6.45, 7) is 0. The van der Waals surface area contributed by atoms with Gasteiger partial charge in [0.05, 0.1) is 0 Å². The van der Waals surface area contributed by atoms with Crippen LogP contribution in [-0.2, 0) is 10.1 Å². The molecule has 0 saturated heterocycles. The molecule has 66 valence electrons. The lowest BCUT2D eigenvalue weighted by atomic mass is 10.6. The molecule has 0 bridgehead atoms. The van der Waals surface area contributed by atoms with Gasteiger partial charge >= 0.3 is 0 Å². The third kappa shape index (κ3) is 1.97. The SMILES string of the molecule is O=S(=O)(O)C(O)c1ncccn1. The first-order valence-electron chi connectivity index (χ1n) is 2.93. The van der Waals surface area contributed by atoms with Crippen molar-refractivity contribution < 1.29 is 18.1 Å². The Balaban J connectivity index is 3.02. The van der Waals surface area contributed by atoms with Crippen LogP contribution in [0, 0.1) is 0 Å². The average Bonchev–Trinajstić information content (AvgIpc) is 2.03. The fraction of sp³-hybridized carbons (Fsp3) is 0.200. The van der Waals surface area contributed by atoms with Gasteiger partial charge in [-0.1, -0.05) is 0 Å². The highest BCUT2D eigenvalue weighted by atomic mass is 32.2. The van der Waals surface area contributed by atoms with E-state index >= 15 is 0 Å². The second kappa shape index (κ2) is 3.13. The zero-order chi connectivity index (χ0) is 9.19. The van der Waals surface area contributed by atoms with Gasteiger partial charge < -0.3 is 5.11 Å². The van der Waals surface area contributed by atoms with Crippen LogP contribution in [0.4, 0.5) is 0 Å². The first kappa shape index (κ1) is 9.04. The van der Waals surface area contributed by atoms with Gasteiger partial charge in [0.2, 0.25) is 5.44 Å². The molecule has 0 aliphatic heterocycles. The van der Waals surface area contributed by atoms with Crippen molar-refractivity contribution in [3.63, 3.8) is 0 Å². The van der Waals surface area contributed by atoms with Crippen LogP contribution in [0.2, 0.25) is 0 Å². The van der Waals surface area contributed by atoms with E-state index in [1.807, 2.05) is 0 Å². The minimum Gasteiger partial charge on any atom is -0.369 e. The summed E-state index contributed by atoms with van der Waals surface area (Å²) < 4.78 is 29.1. The number of hydrogen-bond acceptors (Lipinski definition) is 5. The van der Waals surface area contributed by atoms with E-state index in [9.17, 15) is 8.42 Å². The molecule has 7 heteroatoms. The van der Waals surface area contributed by atoms with Crippen LogP contribution in [-0.4, -0.2) is 28.0 Å². The molecule has 0 fully saturated rings. The molecule has 0 aliphatic rings. The van der Waals surface area contributed by atoms with Crippen molar-refractivity contribution in [1.29, 1.82) is 0 Å². The van der Waals surface area contributed by atoms with Crippen molar-refractivity contribution in [3.8, 4) is 0 Å². The number of hydrogen-bond donors (Lipinski definition) is 2. The van der Waals surface area contributed by atoms with Crippen LogP contribution in [0.15, 0.2) is 18.5 Å². The van der Waals surface area contributed by atoms with Gasteiger partial charge in [0.25, 0.3) is 10.1 Å². The zero-order valence-electron chi connectivity index (χ0n) is 5.82. The molecule has 1 heterocycles. The van der Waals surface area contributed by atoms with Gasteiger partial charge in [0.15, 0.2) is 5.82 Å².